The maximum absolute atomic E-state index is 4.17. The number of nitrogens with zero attached hydrogens (tertiary/aromatic N) is 2. The average Bonchev–Trinajstić information content (AvgIpc) is 2.55. The van der Waals surface area contributed by atoms with Gasteiger partial charge in [-0.2, -0.15) is 0 Å². The van der Waals surface area contributed by atoms with E-state index in [1.54, 1.807) is 0 Å². The number of benzene rings is 1. The molecule has 1 aliphatic heterocycles. The van der Waals surface area contributed by atoms with Gasteiger partial charge in [0.1, 0.15) is 0 Å². The standard InChI is InChI=1S/C18H23N3/c1-2-6-16(7-3-1)14-21-11-5-9-18(15-21)20-13-17-8-4-10-19-12-17/h1-4,6-8,10,12,18,20H,5,9,11,13-15H2. The number of hydrogen-bond acceptors (Lipinski definition) is 3. The summed E-state index contributed by atoms with van der Waals surface area (Å²) >= 11 is 0. The fourth-order valence-electron chi connectivity index (χ4n) is 2.97. The van der Waals surface area contributed by atoms with E-state index in [2.05, 4.69) is 51.6 Å². The van der Waals surface area contributed by atoms with Gasteiger partial charge in [0.2, 0.25) is 0 Å². The Labute approximate surface area is 127 Å². The molecule has 1 aromatic heterocycles. The molecule has 21 heavy (non-hydrogen) atoms. The van der Waals surface area contributed by atoms with Crippen LogP contribution >= 0.6 is 0 Å². The first-order chi connectivity index (χ1) is 10.4. The van der Waals surface area contributed by atoms with E-state index < -0.39 is 0 Å². The van der Waals surface area contributed by atoms with Gasteiger partial charge in [-0.25, -0.2) is 0 Å². The van der Waals surface area contributed by atoms with E-state index in [1.165, 1.54) is 30.5 Å². The molecule has 1 aliphatic rings. The summed E-state index contributed by atoms with van der Waals surface area (Å²) in [7, 11) is 0. The molecule has 1 unspecified atom stereocenters. The second-order valence-corrected chi connectivity index (χ2v) is 5.80. The Bertz CT molecular complexity index is 527. The molecule has 0 bridgehead atoms. The van der Waals surface area contributed by atoms with Crippen LogP contribution in [0.25, 0.3) is 0 Å². The summed E-state index contributed by atoms with van der Waals surface area (Å²) in [5, 5.41) is 3.67. The Morgan fingerprint density at radius 2 is 1.95 bits per heavy atom. The number of nitrogens with one attached hydrogen (secondary N) is 1. The number of rotatable bonds is 5. The van der Waals surface area contributed by atoms with E-state index in [9.17, 15) is 0 Å². The van der Waals surface area contributed by atoms with Crippen molar-refractivity contribution in [1.82, 2.24) is 15.2 Å². The zero-order chi connectivity index (χ0) is 14.3. The normalized spacial score (nSPS) is 19.5. The number of piperidine rings is 1. The van der Waals surface area contributed by atoms with Gasteiger partial charge in [-0.1, -0.05) is 36.4 Å². The maximum atomic E-state index is 4.17. The second kappa shape index (κ2) is 7.34. The van der Waals surface area contributed by atoms with E-state index in [4.69, 9.17) is 0 Å². The van der Waals surface area contributed by atoms with Crippen LogP contribution in [0, 0.1) is 0 Å². The minimum Gasteiger partial charge on any atom is -0.309 e. The molecule has 3 nitrogen and oxygen atoms in total. The largest absolute Gasteiger partial charge is 0.309 e. The first-order valence-corrected chi connectivity index (χ1v) is 7.79. The minimum atomic E-state index is 0.586. The van der Waals surface area contributed by atoms with E-state index >= 15 is 0 Å². The predicted octanol–water partition coefficient (Wildman–Crippen LogP) is 2.84. The van der Waals surface area contributed by atoms with Crippen molar-refractivity contribution >= 4 is 0 Å². The molecule has 1 fully saturated rings. The molecule has 1 aromatic carbocycles. The quantitative estimate of drug-likeness (QED) is 0.913. The molecule has 1 N–H and O–H groups in total. The predicted molar refractivity (Wildman–Crippen MR) is 85.8 cm³/mol. The Morgan fingerprint density at radius 1 is 1.10 bits per heavy atom. The Hall–Kier alpha value is -1.71. The van der Waals surface area contributed by atoms with Gasteiger partial charge < -0.3 is 5.32 Å². The smallest absolute Gasteiger partial charge is 0.0312 e. The summed E-state index contributed by atoms with van der Waals surface area (Å²) in [5.41, 5.74) is 2.67. The van der Waals surface area contributed by atoms with Gasteiger partial charge in [0.25, 0.3) is 0 Å². The van der Waals surface area contributed by atoms with Crippen molar-refractivity contribution < 1.29 is 0 Å². The Morgan fingerprint density at radius 3 is 2.76 bits per heavy atom. The molecule has 3 rings (SSSR count). The van der Waals surface area contributed by atoms with Crippen LogP contribution in [0.15, 0.2) is 54.9 Å². The van der Waals surface area contributed by atoms with Crippen molar-refractivity contribution in [1.29, 1.82) is 0 Å². The summed E-state index contributed by atoms with van der Waals surface area (Å²) in [4.78, 5) is 6.72. The summed E-state index contributed by atoms with van der Waals surface area (Å²) in [6.07, 6.45) is 6.31. The third kappa shape index (κ3) is 4.38. The first kappa shape index (κ1) is 14.2. The van der Waals surface area contributed by atoms with Crippen LogP contribution in [-0.4, -0.2) is 29.0 Å². The fraction of sp³-hybridized carbons (Fsp3) is 0.389. The molecule has 1 saturated heterocycles. The molecule has 2 aromatic rings. The fourth-order valence-corrected chi connectivity index (χ4v) is 2.97. The van der Waals surface area contributed by atoms with Crippen molar-refractivity contribution in [2.24, 2.45) is 0 Å². The topological polar surface area (TPSA) is 28.2 Å². The highest BCUT2D eigenvalue weighted by molar-refractivity contribution is 5.14. The SMILES string of the molecule is c1ccc(CN2CCCC(NCc3cccnc3)C2)cc1. The lowest BCUT2D eigenvalue weighted by Crippen LogP contribution is -2.45. The van der Waals surface area contributed by atoms with Crippen molar-refractivity contribution in [2.45, 2.75) is 32.0 Å². The summed E-state index contributed by atoms with van der Waals surface area (Å²) < 4.78 is 0. The van der Waals surface area contributed by atoms with E-state index in [-0.39, 0.29) is 0 Å². The van der Waals surface area contributed by atoms with E-state index in [0.29, 0.717) is 6.04 Å². The van der Waals surface area contributed by atoms with Crippen molar-refractivity contribution in [3.63, 3.8) is 0 Å². The van der Waals surface area contributed by atoms with Crippen LogP contribution in [0.2, 0.25) is 0 Å². The van der Waals surface area contributed by atoms with Crippen molar-refractivity contribution in [2.75, 3.05) is 13.1 Å². The average molecular weight is 281 g/mol. The van der Waals surface area contributed by atoms with Crippen LogP contribution in [0.5, 0.6) is 0 Å². The van der Waals surface area contributed by atoms with Gasteiger partial charge in [0, 0.05) is 38.1 Å². The molecule has 3 heteroatoms. The number of likely N-dealkylation sites (tertiary alicyclic amines) is 1. The highest BCUT2D eigenvalue weighted by Gasteiger charge is 2.19. The van der Waals surface area contributed by atoms with Gasteiger partial charge in [0.05, 0.1) is 0 Å². The first-order valence-electron chi connectivity index (χ1n) is 7.79. The molecule has 2 heterocycles. The lowest BCUT2D eigenvalue weighted by Gasteiger charge is -2.33. The van der Waals surface area contributed by atoms with Crippen molar-refractivity contribution in [3.05, 3.63) is 66.0 Å². The van der Waals surface area contributed by atoms with Crippen LogP contribution in [-0.2, 0) is 13.1 Å². The molecule has 1 atom stereocenters. The van der Waals surface area contributed by atoms with Gasteiger partial charge in [0.15, 0.2) is 0 Å². The Balaban J connectivity index is 1.49. The third-order valence-corrected chi connectivity index (χ3v) is 4.07. The molecule has 0 aliphatic carbocycles. The van der Waals surface area contributed by atoms with Gasteiger partial charge in [-0.15, -0.1) is 0 Å². The molecule has 0 radical (unpaired) electrons. The highest BCUT2D eigenvalue weighted by atomic mass is 15.2. The third-order valence-electron chi connectivity index (χ3n) is 4.07. The lowest BCUT2D eigenvalue weighted by atomic mass is 10.0. The van der Waals surface area contributed by atoms with Crippen LogP contribution in [0.3, 0.4) is 0 Å². The maximum Gasteiger partial charge on any atom is 0.0312 e. The zero-order valence-electron chi connectivity index (χ0n) is 12.4. The van der Waals surface area contributed by atoms with Crippen molar-refractivity contribution in [3.8, 4) is 0 Å². The van der Waals surface area contributed by atoms with Crippen LogP contribution in [0.1, 0.15) is 24.0 Å². The summed E-state index contributed by atoms with van der Waals surface area (Å²) in [6.45, 7) is 4.32. The second-order valence-electron chi connectivity index (χ2n) is 5.80. The van der Waals surface area contributed by atoms with Gasteiger partial charge in [-0.05, 0) is 36.6 Å². The van der Waals surface area contributed by atoms with Gasteiger partial charge in [-0.3, -0.25) is 9.88 Å². The number of hydrogen-bond donors (Lipinski definition) is 1. The molecule has 0 saturated carbocycles. The number of aromatic nitrogens is 1. The molecular formula is C18H23N3. The van der Waals surface area contributed by atoms with E-state index in [0.717, 1.165) is 19.6 Å². The minimum absolute atomic E-state index is 0.586. The molecule has 0 amide bonds. The molecule has 0 spiro atoms. The van der Waals surface area contributed by atoms with E-state index in [1.807, 2.05) is 18.5 Å². The zero-order valence-corrected chi connectivity index (χ0v) is 12.4. The monoisotopic (exact) mass is 281 g/mol. The lowest BCUT2D eigenvalue weighted by molar-refractivity contribution is 0.182. The molecule has 110 valence electrons. The highest BCUT2D eigenvalue weighted by Crippen LogP contribution is 2.14. The molecular weight excluding hydrogens is 258 g/mol. The van der Waals surface area contributed by atoms with Crippen LogP contribution in [0.4, 0.5) is 0 Å². The van der Waals surface area contributed by atoms with Crippen LogP contribution < -0.4 is 5.32 Å². The Kier molecular flexibility index (Phi) is 4.98. The van der Waals surface area contributed by atoms with Gasteiger partial charge >= 0.3 is 0 Å². The summed E-state index contributed by atoms with van der Waals surface area (Å²) in [5.74, 6) is 0. The summed E-state index contributed by atoms with van der Waals surface area (Å²) in [6, 6.07) is 15.5. The number of pyridine rings is 1.